The van der Waals surface area contributed by atoms with Crippen LogP contribution in [0.2, 0.25) is 0 Å². The van der Waals surface area contributed by atoms with Gasteiger partial charge in [0.25, 0.3) is 0 Å². The number of piperidine rings is 1. The highest BCUT2D eigenvalue weighted by atomic mass is 32.1. The summed E-state index contributed by atoms with van der Waals surface area (Å²) in [5, 5.41) is 28.4. The molecule has 1 aliphatic heterocycles. The minimum atomic E-state index is -0.676. The summed E-state index contributed by atoms with van der Waals surface area (Å²) in [4.78, 5) is 15.3. The van der Waals surface area contributed by atoms with Gasteiger partial charge in [-0.3, -0.25) is 9.69 Å². The van der Waals surface area contributed by atoms with E-state index >= 15 is 0 Å². The molecule has 0 spiro atoms. The van der Waals surface area contributed by atoms with Gasteiger partial charge in [-0.15, -0.1) is 5.11 Å². The number of nitrogens with zero attached hydrogens (tertiary/aromatic N) is 4. The van der Waals surface area contributed by atoms with Crippen molar-refractivity contribution in [1.29, 1.82) is 0 Å². The predicted molar refractivity (Wildman–Crippen MR) is 157 cm³/mol. The summed E-state index contributed by atoms with van der Waals surface area (Å²) in [6, 6.07) is 7.25. The first kappa shape index (κ1) is 30.0. The number of aromatic nitrogens is 1. The van der Waals surface area contributed by atoms with Crippen LogP contribution >= 0.6 is 11.5 Å². The van der Waals surface area contributed by atoms with Crippen molar-refractivity contribution in [2.45, 2.75) is 115 Å². The summed E-state index contributed by atoms with van der Waals surface area (Å²) in [6.07, 6.45) is 3.71. The molecule has 1 aliphatic carbocycles. The van der Waals surface area contributed by atoms with Crippen LogP contribution in [0.5, 0.6) is 0 Å². The van der Waals surface area contributed by atoms with E-state index in [4.69, 9.17) is 4.74 Å². The average molecular weight is 559 g/mol. The van der Waals surface area contributed by atoms with Crippen LogP contribution in [0, 0.1) is 0 Å². The number of hydrogen-bond donors (Lipinski definition) is 3. The third-order valence-electron chi connectivity index (χ3n) is 8.54. The number of aliphatic hydroxyl groups is 1. The van der Waals surface area contributed by atoms with Crippen molar-refractivity contribution in [1.82, 2.24) is 19.9 Å². The zero-order valence-corrected chi connectivity index (χ0v) is 25.1. The van der Waals surface area contributed by atoms with Crippen LogP contribution in [-0.4, -0.2) is 81.9 Å². The molecule has 9 nitrogen and oxygen atoms in total. The molecule has 0 bridgehead atoms. The molecule has 2 aliphatic rings. The van der Waals surface area contributed by atoms with E-state index in [-0.39, 0.29) is 41.2 Å². The molecule has 0 radical (unpaired) electrons. The molecule has 4 unspecified atom stereocenters. The number of aliphatic hydroxyl groups excluding tert-OH is 1. The van der Waals surface area contributed by atoms with Gasteiger partial charge in [0.2, 0.25) is 5.91 Å². The first-order valence-electron chi connectivity index (χ1n) is 14.3. The van der Waals surface area contributed by atoms with Crippen molar-refractivity contribution in [2.24, 2.45) is 10.2 Å². The number of fused-ring (bicyclic) bond motifs is 1. The molecule has 1 saturated carbocycles. The largest absolute Gasteiger partial charge is 0.389 e. The summed E-state index contributed by atoms with van der Waals surface area (Å²) in [5.41, 5.74) is 1.06. The smallest absolute Gasteiger partial charge is 0.220 e. The van der Waals surface area contributed by atoms with Gasteiger partial charge in [-0.25, -0.2) is 0 Å². The number of carbonyl (C=O) groups excluding carboxylic acids is 1. The van der Waals surface area contributed by atoms with Crippen LogP contribution in [0.25, 0.3) is 10.9 Å². The van der Waals surface area contributed by atoms with E-state index in [0.29, 0.717) is 32.3 Å². The van der Waals surface area contributed by atoms with Gasteiger partial charge in [-0.1, -0.05) is 19.1 Å². The maximum atomic E-state index is 12.9. The molecule has 1 aromatic carbocycles. The highest BCUT2D eigenvalue weighted by Crippen LogP contribution is 2.38. The lowest BCUT2D eigenvalue weighted by atomic mass is 9.79. The van der Waals surface area contributed by atoms with Gasteiger partial charge in [-0.05, 0) is 97.1 Å². The Hall–Kier alpha value is -1.98. The van der Waals surface area contributed by atoms with Crippen LogP contribution in [0.3, 0.4) is 0 Å². The Morgan fingerprint density at radius 2 is 1.87 bits per heavy atom. The van der Waals surface area contributed by atoms with E-state index in [1.165, 1.54) is 11.5 Å². The fraction of sp³-hybridized carbons (Fsp3) is 0.724. The number of rotatable bonds is 10. The third-order valence-corrected chi connectivity index (χ3v) is 9.30. The SMILES string of the molecule is CCNC1CC(N=Nc2snc3ccccc23)CC(NC(=O)CCCOC2CC(C)(C)N(C)C(C)(C)C2)C1O. The number of amides is 1. The lowest BCUT2D eigenvalue weighted by molar-refractivity contribution is -0.124. The standard InChI is InChI=1S/C29H46N6O3S/c1-7-30-23-15-19(32-33-27-21-11-8-9-12-22(21)34-39-27)16-24(26(23)37)31-25(36)13-10-14-38-20-17-28(2,3)35(6)29(4,5)18-20/h8-9,11-12,19-20,23-24,26,30,37H,7,10,13-18H2,1-6H3,(H,31,36). The van der Waals surface area contributed by atoms with Crippen molar-refractivity contribution in [3.63, 3.8) is 0 Å². The first-order chi connectivity index (χ1) is 18.5. The molecule has 1 saturated heterocycles. The monoisotopic (exact) mass is 558 g/mol. The molecule has 1 amide bonds. The van der Waals surface area contributed by atoms with E-state index in [2.05, 4.69) is 64.9 Å². The first-order valence-corrected chi connectivity index (χ1v) is 15.1. The second-order valence-electron chi connectivity index (χ2n) is 12.4. The lowest BCUT2D eigenvalue weighted by Crippen LogP contribution is -2.60. The Kier molecular flexibility index (Phi) is 9.75. The molecule has 2 heterocycles. The Balaban J connectivity index is 1.29. The topological polar surface area (TPSA) is 111 Å². The number of hydrogen-bond acceptors (Lipinski definition) is 9. The number of benzene rings is 1. The summed E-state index contributed by atoms with van der Waals surface area (Å²) in [6.45, 7) is 12.4. The van der Waals surface area contributed by atoms with Crippen LogP contribution in [0.1, 0.15) is 73.1 Å². The number of likely N-dealkylation sites (tertiary alicyclic amines) is 1. The number of carbonyl (C=O) groups is 1. The molecule has 2 aromatic rings. The van der Waals surface area contributed by atoms with Gasteiger partial charge in [0, 0.05) is 35.5 Å². The van der Waals surface area contributed by atoms with E-state index in [0.717, 1.165) is 35.3 Å². The van der Waals surface area contributed by atoms with Crippen molar-refractivity contribution in [2.75, 3.05) is 20.2 Å². The summed E-state index contributed by atoms with van der Waals surface area (Å²) in [5.74, 6) is -0.0621. The number of nitrogens with one attached hydrogen (secondary N) is 2. The van der Waals surface area contributed by atoms with Crippen LogP contribution in [0.15, 0.2) is 34.5 Å². The molecule has 4 rings (SSSR count). The van der Waals surface area contributed by atoms with E-state index < -0.39 is 6.10 Å². The molecule has 4 atom stereocenters. The Bertz CT molecular complexity index is 1120. The number of likely N-dealkylation sites (N-methyl/N-ethyl adjacent to an activating group) is 1. The Morgan fingerprint density at radius 1 is 1.18 bits per heavy atom. The normalized spacial score (nSPS) is 27.8. The van der Waals surface area contributed by atoms with Gasteiger partial charge in [0.1, 0.15) is 0 Å². The second-order valence-corrected chi connectivity index (χ2v) is 13.1. The second kappa shape index (κ2) is 12.7. The van der Waals surface area contributed by atoms with Crippen LogP contribution in [0.4, 0.5) is 5.00 Å². The van der Waals surface area contributed by atoms with Crippen molar-refractivity contribution >= 4 is 33.3 Å². The van der Waals surface area contributed by atoms with Crippen LogP contribution < -0.4 is 10.6 Å². The molecular formula is C29H46N6O3S. The minimum absolute atomic E-state index is 0.0621. The van der Waals surface area contributed by atoms with Gasteiger partial charge in [0.05, 0.1) is 29.8 Å². The fourth-order valence-corrected chi connectivity index (χ4v) is 6.89. The Morgan fingerprint density at radius 3 is 2.59 bits per heavy atom. The van der Waals surface area contributed by atoms with Gasteiger partial charge >= 0.3 is 0 Å². The average Bonchev–Trinajstić information content (AvgIpc) is 3.29. The summed E-state index contributed by atoms with van der Waals surface area (Å²) < 4.78 is 10.7. The minimum Gasteiger partial charge on any atom is -0.389 e. The zero-order chi connectivity index (χ0) is 28.2. The highest BCUT2D eigenvalue weighted by molar-refractivity contribution is 7.11. The van der Waals surface area contributed by atoms with E-state index in [9.17, 15) is 9.90 Å². The molecule has 39 heavy (non-hydrogen) atoms. The Labute approximate surface area is 237 Å². The lowest BCUT2D eigenvalue weighted by Gasteiger charge is -2.53. The molecule has 1 aromatic heterocycles. The highest BCUT2D eigenvalue weighted by Gasteiger charge is 2.43. The van der Waals surface area contributed by atoms with E-state index in [1.807, 2.05) is 31.2 Å². The van der Waals surface area contributed by atoms with Gasteiger partial charge in [-0.2, -0.15) is 9.49 Å². The van der Waals surface area contributed by atoms with Crippen LogP contribution in [-0.2, 0) is 9.53 Å². The van der Waals surface area contributed by atoms with Gasteiger partial charge < -0.3 is 20.5 Å². The maximum absolute atomic E-state index is 12.9. The van der Waals surface area contributed by atoms with Gasteiger partial charge in [0.15, 0.2) is 5.00 Å². The van der Waals surface area contributed by atoms with Crippen molar-refractivity contribution < 1.29 is 14.6 Å². The molecule has 10 heteroatoms. The predicted octanol–water partition coefficient (Wildman–Crippen LogP) is 4.81. The zero-order valence-electron chi connectivity index (χ0n) is 24.3. The van der Waals surface area contributed by atoms with Crippen molar-refractivity contribution in [3.8, 4) is 0 Å². The summed E-state index contributed by atoms with van der Waals surface area (Å²) in [7, 11) is 2.19. The maximum Gasteiger partial charge on any atom is 0.220 e. The number of ether oxygens (including phenoxy) is 1. The van der Waals surface area contributed by atoms with Crippen molar-refractivity contribution in [3.05, 3.63) is 24.3 Å². The molecular weight excluding hydrogens is 512 g/mol. The third kappa shape index (κ3) is 7.41. The quantitative estimate of drug-likeness (QED) is 0.285. The number of azo groups is 1. The molecule has 3 N–H and O–H groups in total. The fourth-order valence-electron chi connectivity index (χ4n) is 6.19. The molecule has 2 fully saturated rings. The summed E-state index contributed by atoms with van der Waals surface area (Å²) >= 11 is 1.34. The molecule has 216 valence electrons. The van der Waals surface area contributed by atoms with E-state index in [1.54, 1.807) is 0 Å².